The SMILES string of the molecule is COCC(NCC(O)COc1ccc(Cl)c(C)c1)C(C)C. The normalized spacial score (nSPS) is 14.2. The van der Waals surface area contributed by atoms with E-state index in [1.54, 1.807) is 19.2 Å². The first-order valence-corrected chi connectivity index (χ1v) is 7.61. The highest BCUT2D eigenvalue weighted by Gasteiger charge is 2.14. The molecule has 0 aliphatic carbocycles. The van der Waals surface area contributed by atoms with E-state index >= 15 is 0 Å². The van der Waals surface area contributed by atoms with Gasteiger partial charge in [0.25, 0.3) is 0 Å². The molecule has 1 rings (SSSR count). The zero-order valence-electron chi connectivity index (χ0n) is 13.2. The van der Waals surface area contributed by atoms with E-state index in [1.165, 1.54) is 0 Å². The molecule has 0 amide bonds. The number of aryl methyl sites for hydroxylation is 1. The van der Waals surface area contributed by atoms with Crippen molar-refractivity contribution in [3.8, 4) is 5.75 Å². The Morgan fingerprint density at radius 2 is 2.00 bits per heavy atom. The zero-order chi connectivity index (χ0) is 15.8. The first-order chi connectivity index (χ1) is 9.93. The van der Waals surface area contributed by atoms with Gasteiger partial charge in [-0.15, -0.1) is 0 Å². The third kappa shape index (κ3) is 6.66. The molecule has 2 unspecified atom stereocenters. The maximum Gasteiger partial charge on any atom is 0.119 e. The van der Waals surface area contributed by atoms with Crippen LogP contribution in [0, 0.1) is 12.8 Å². The Hall–Kier alpha value is -0.810. The van der Waals surface area contributed by atoms with E-state index < -0.39 is 6.10 Å². The number of ether oxygens (including phenoxy) is 2. The number of aliphatic hydroxyl groups is 1. The second-order valence-corrected chi connectivity index (χ2v) is 6.00. The Morgan fingerprint density at radius 1 is 1.29 bits per heavy atom. The van der Waals surface area contributed by atoms with Crippen LogP contribution < -0.4 is 10.1 Å². The molecule has 2 N–H and O–H groups in total. The average molecular weight is 316 g/mol. The van der Waals surface area contributed by atoms with Crippen LogP contribution in [0.4, 0.5) is 0 Å². The van der Waals surface area contributed by atoms with Gasteiger partial charge < -0.3 is 19.9 Å². The Kier molecular flexibility index (Phi) is 8.04. The number of hydrogen-bond acceptors (Lipinski definition) is 4. The van der Waals surface area contributed by atoms with Crippen molar-refractivity contribution in [1.29, 1.82) is 0 Å². The Bertz CT molecular complexity index is 426. The summed E-state index contributed by atoms with van der Waals surface area (Å²) < 4.78 is 10.7. The number of nitrogens with one attached hydrogen (secondary N) is 1. The number of hydrogen-bond donors (Lipinski definition) is 2. The summed E-state index contributed by atoms with van der Waals surface area (Å²) in [6, 6.07) is 5.69. The molecule has 21 heavy (non-hydrogen) atoms. The van der Waals surface area contributed by atoms with Gasteiger partial charge in [-0.3, -0.25) is 0 Å². The monoisotopic (exact) mass is 315 g/mol. The van der Waals surface area contributed by atoms with Crippen LogP contribution in [0.5, 0.6) is 5.75 Å². The van der Waals surface area contributed by atoms with Crippen LogP contribution >= 0.6 is 11.6 Å². The molecule has 0 saturated heterocycles. The van der Waals surface area contributed by atoms with Gasteiger partial charge in [-0.2, -0.15) is 0 Å². The van der Waals surface area contributed by atoms with Crippen molar-refractivity contribution in [2.75, 3.05) is 26.9 Å². The van der Waals surface area contributed by atoms with Crippen LogP contribution in [0.25, 0.3) is 0 Å². The summed E-state index contributed by atoms with van der Waals surface area (Å²) >= 11 is 5.96. The predicted molar refractivity (Wildman–Crippen MR) is 86.2 cm³/mol. The van der Waals surface area contributed by atoms with E-state index in [0.717, 1.165) is 5.56 Å². The molecule has 0 radical (unpaired) electrons. The van der Waals surface area contributed by atoms with Gasteiger partial charge >= 0.3 is 0 Å². The van der Waals surface area contributed by atoms with Crippen molar-refractivity contribution in [2.45, 2.75) is 32.9 Å². The number of halogens is 1. The molecule has 0 spiro atoms. The molecule has 1 aromatic carbocycles. The molecular weight excluding hydrogens is 290 g/mol. The van der Waals surface area contributed by atoms with Crippen molar-refractivity contribution in [3.05, 3.63) is 28.8 Å². The molecule has 4 nitrogen and oxygen atoms in total. The van der Waals surface area contributed by atoms with Gasteiger partial charge in [0.15, 0.2) is 0 Å². The minimum atomic E-state index is -0.570. The van der Waals surface area contributed by atoms with E-state index in [0.29, 0.717) is 29.8 Å². The summed E-state index contributed by atoms with van der Waals surface area (Å²) in [5.41, 5.74) is 0.960. The molecule has 0 aliphatic heterocycles. The summed E-state index contributed by atoms with van der Waals surface area (Å²) in [4.78, 5) is 0. The number of methoxy groups -OCH3 is 1. The molecule has 2 atom stereocenters. The highest BCUT2D eigenvalue weighted by atomic mass is 35.5. The minimum Gasteiger partial charge on any atom is -0.491 e. The molecule has 0 aromatic heterocycles. The van der Waals surface area contributed by atoms with Crippen LogP contribution in [0.2, 0.25) is 5.02 Å². The molecule has 0 bridgehead atoms. The third-order valence-electron chi connectivity index (χ3n) is 3.34. The van der Waals surface area contributed by atoms with E-state index in [9.17, 15) is 5.11 Å². The fraction of sp³-hybridized carbons (Fsp3) is 0.625. The fourth-order valence-electron chi connectivity index (χ4n) is 1.91. The summed E-state index contributed by atoms with van der Waals surface area (Å²) in [5.74, 6) is 1.16. The van der Waals surface area contributed by atoms with Gasteiger partial charge in [0.1, 0.15) is 18.5 Å². The quantitative estimate of drug-likeness (QED) is 0.735. The van der Waals surface area contributed by atoms with Gasteiger partial charge in [0.2, 0.25) is 0 Å². The molecule has 0 fully saturated rings. The first-order valence-electron chi connectivity index (χ1n) is 7.23. The number of benzene rings is 1. The van der Waals surface area contributed by atoms with Crippen LogP contribution in [0.15, 0.2) is 18.2 Å². The summed E-state index contributed by atoms with van der Waals surface area (Å²) in [7, 11) is 1.68. The number of rotatable bonds is 9. The lowest BCUT2D eigenvalue weighted by Crippen LogP contribution is -2.43. The summed E-state index contributed by atoms with van der Waals surface area (Å²) in [6.07, 6.45) is -0.570. The Labute approximate surface area is 132 Å². The van der Waals surface area contributed by atoms with Gasteiger partial charge in [0.05, 0.1) is 6.61 Å². The second kappa shape index (κ2) is 9.26. The Balaban J connectivity index is 2.36. The standard InChI is InChI=1S/C16H26ClNO3/c1-11(2)16(10-20-4)18-8-13(19)9-21-14-5-6-15(17)12(3)7-14/h5-7,11,13,16,18-19H,8-10H2,1-4H3. The van der Waals surface area contributed by atoms with Gasteiger partial charge in [-0.05, 0) is 36.6 Å². The van der Waals surface area contributed by atoms with E-state index in [-0.39, 0.29) is 12.6 Å². The van der Waals surface area contributed by atoms with Crippen molar-refractivity contribution in [2.24, 2.45) is 5.92 Å². The van der Waals surface area contributed by atoms with Gasteiger partial charge in [-0.25, -0.2) is 0 Å². The lowest BCUT2D eigenvalue weighted by atomic mass is 10.1. The van der Waals surface area contributed by atoms with E-state index in [4.69, 9.17) is 21.1 Å². The summed E-state index contributed by atoms with van der Waals surface area (Å²) in [6.45, 7) is 7.50. The second-order valence-electron chi connectivity index (χ2n) is 5.59. The third-order valence-corrected chi connectivity index (χ3v) is 3.76. The molecule has 5 heteroatoms. The largest absolute Gasteiger partial charge is 0.491 e. The molecule has 0 aliphatic rings. The van der Waals surface area contributed by atoms with Crippen molar-refractivity contribution >= 4 is 11.6 Å². The predicted octanol–water partition coefficient (Wildman–Crippen LogP) is 2.65. The fourth-order valence-corrected chi connectivity index (χ4v) is 2.03. The maximum absolute atomic E-state index is 9.98. The van der Waals surface area contributed by atoms with Crippen molar-refractivity contribution in [1.82, 2.24) is 5.32 Å². The summed E-state index contributed by atoms with van der Waals surface area (Å²) in [5, 5.41) is 14.0. The van der Waals surface area contributed by atoms with Crippen molar-refractivity contribution in [3.63, 3.8) is 0 Å². The molecular formula is C16H26ClNO3. The maximum atomic E-state index is 9.98. The zero-order valence-corrected chi connectivity index (χ0v) is 14.0. The van der Waals surface area contributed by atoms with Crippen LogP contribution in [0.1, 0.15) is 19.4 Å². The number of aliphatic hydroxyl groups excluding tert-OH is 1. The van der Waals surface area contributed by atoms with Crippen LogP contribution in [-0.4, -0.2) is 44.1 Å². The van der Waals surface area contributed by atoms with Gasteiger partial charge in [0, 0.05) is 24.7 Å². The highest BCUT2D eigenvalue weighted by molar-refractivity contribution is 6.31. The average Bonchev–Trinajstić information content (AvgIpc) is 2.44. The smallest absolute Gasteiger partial charge is 0.119 e. The molecule has 0 saturated carbocycles. The Morgan fingerprint density at radius 3 is 2.57 bits per heavy atom. The minimum absolute atomic E-state index is 0.224. The lowest BCUT2D eigenvalue weighted by molar-refractivity contribution is 0.0901. The highest BCUT2D eigenvalue weighted by Crippen LogP contribution is 2.21. The van der Waals surface area contributed by atoms with Crippen LogP contribution in [0.3, 0.4) is 0 Å². The first kappa shape index (κ1) is 18.2. The van der Waals surface area contributed by atoms with E-state index in [2.05, 4.69) is 19.2 Å². The lowest BCUT2D eigenvalue weighted by Gasteiger charge is -2.23. The van der Waals surface area contributed by atoms with Crippen LogP contribution in [-0.2, 0) is 4.74 Å². The van der Waals surface area contributed by atoms with E-state index in [1.807, 2.05) is 13.0 Å². The molecule has 0 heterocycles. The van der Waals surface area contributed by atoms with Gasteiger partial charge in [-0.1, -0.05) is 25.4 Å². The molecule has 120 valence electrons. The topological polar surface area (TPSA) is 50.7 Å². The molecule has 1 aromatic rings. The van der Waals surface area contributed by atoms with Crippen molar-refractivity contribution < 1.29 is 14.6 Å².